The van der Waals surface area contributed by atoms with E-state index in [4.69, 9.17) is 5.41 Å². The van der Waals surface area contributed by atoms with Crippen molar-refractivity contribution in [2.24, 2.45) is 0 Å². The van der Waals surface area contributed by atoms with E-state index in [1.807, 2.05) is 6.92 Å². The van der Waals surface area contributed by atoms with Crippen molar-refractivity contribution in [1.29, 1.82) is 5.41 Å². The van der Waals surface area contributed by atoms with E-state index in [2.05, 4.69) is 16.0 Å². The van der Waals surface area contributed by atoms with Crippen molar-refractivity contribution in [3.05, 3.63) is 29.8 Å². The third-order valence-corrected chi connectivity index (χ3v) is 3.41. The molecule has 1 aliphatic heterocycles. The van der Waals surface area contributed by atoms with Gasteiger partial charge in [-0.15, -0.1) is 0 Å². The van der Waals surface area contributed by atoms with Gasteiger partial charge in [0, 0.05) is 13.0 Å². The number of nitrogens with one attached hydrogen (secondary N) is 4. The summed E-state index contributed by atoms with van der Waals surface area (Å²) < 4.78 is 0. The molecule has 1 heterocycles. The molecule has 1 aromatic carbocycles. The van der Waals surface area contributed by atoms with Crippen LogP contribution in [0.2, 0.25) is 0 Å². The van der Waals surface area contributed by atoms with E-state index in [1.54, 1.807) is 24.3 Å². The second-order valence-corrected chi connectivity index (χ2v) is 4.96. The molecule has 0 aromatic heterocycles. The third-order valence-electron chi connectivity index (χ3n) is 3.41. The zero-order valence-electron chi connectivity index (χ0n) is 12.0. The Kier molecular flexibility index (Phi) is 4.92. The van der Waals surface area contributed by atoms with E-state index in [9.17, 15) is 9.59 Å². The highest BCUT2D eigenvalue weighted by atomic mass is 16.2. The molecule has 0 fully saturated rings. The highest BCUT2D eigenvalue weighted by Crippen LogP contribution is 2.19. The summed E-state index contributed by atoms with van der Waals surface area (Å²) in [6.07, 6.45) is 1.91. The highest BCUT2D eigenvalue weighted by Gasteiger charge is 2.26. The lowest BCUT2D eigenvalue weighted by molar-refractivity contribution is -0.118. The molecule has 0 radical (unpaired) electrons. The molecule has 4 N–H and O–H groups in total. The van der Waals surface area contributed by atoms with E-state index < -0.39 is 6.04 Å². The van der Waals surface area contributed by atoms with Crippen LogP contribution in [0.3, 0.4) is 0 Å². The smallest absolute Gasteiger partial charge is 0.254 e. The maximum absolute atomic E-state index is 12.1. The first-order chi connectivity index (χ1) is 10.1. The van der Waals surface area contributed by atoms with Crippen molar-refractivity contribution in [2.45, 2.75) is 32.2 Å². The van der Waals surface area contributed by atoms with Gasteiger partial charge in [0.2, 0.25) is 5.91 Å². The third kappa shape index (κ3) is 3.81. The van der Waals surface area contributed by atoms with Crippen LogP contribution < -0.4 is 16.0 Å². The number of carbonyl (C=O) groups excluding carboxylic acids is 2. The Morgan fingerprint density at radius 3 is 2.86 bits per heavy atom. The first kappa shape index (κ1) is 15.0. The van der Waals surface area contributed by atoms with E-state index in [0.29, 0.717) is 42.9 Å². The number of carbonyl (C=O) groups is 2. The van der Waals surface area contributed by atoms with Crippen LogP contribution in [0, 0.1) is 5.41 Å². The van der Waals surface area contributed by atoms with Gasteiger partial charge in [-0.25, -0.2) is 0 Å². The number of para-hydroxylation sites is 1. The van der Waals surface area contributed by atoms with Crippen LogP contribution in [-0.4, -0.2) is 30.2 Å². The van der Waals surface area contributed by atoms with E-state index in [0.717, 1.165) is 0 Å². The predicted molar refractivity (Wildman–Crippen MR) is 81.6 cm³/mol. The average Bonchev–Trinajstić information content (AvgIpc) is 2.61. The standard InChI is InChI=1S/C15H20N4O2/c1-2-13(16)17-9-5-8-12-15(21)18-11-7-4-3-6-10(11)14(20)19-12/h3-4,6-7,12H,2,5,8-9H2,1H3,(H2,16,17)(H,18,21)(H,19,20)/t12-/m0/s1. The zero-order chi connectivity index (χ0) is 15.2. The number of anilines is 1. The Bertz CT molecular complexity index is 556. The van der Waals surface area contributed by atoms with Gasteiger partial charge in [-0.1, -0.05) is 19.1 Å². The molecular formula is C15H20N4O2. The van der Waals surface area contributed by atoms with Crippen molar-refractivity contribution in [2.75, 3.05) is 11.9 Å². The molecule has 112 valence electrons. The Labute approximate surface area is 123 Å². The molecule has 0 spiro atoms. The number of amides is 2. The number of benzene rings is 1. The van der Waals surface area contributed by atoms with E-state index >= 15 is 0 Å². The van der Waals surface area contributed by atoms with Crippen molar-refractivity contribution in [3.63, 3.8) is 0 Å². The lowest BCUT2D eigenvalue weighted by atomic mass is 10.1. The monoisotopic (exact) mass is 288 g/mol. The number of hydrogen-bond acceptors (Lipinski definition) is 3. The summed E-state index contributed by atoms with van der Waals surface area (Å²) in [6.45, 7) is 2.53. The summed E-state index contributed by atoms with van der Waals surface area (Å²) in [5.74, 6) is 0.0545. The Balaban J connectivity index is 1.93. The topological polar surface area (TPSA) is 94.1 Å². The molecule has 0 saturated carbocycles. The van der Waals surface area contributed by atoms with Gasteiger partial charge in [-0.3, -0.25) is 15.0 Å². The minimum Gasteiger partial charge on any atom is -0.374 e. The van der Waals surface area contributed by atoms with Crippen LogP contribution in [0.5, 0.6) is 0 Å². The number of amidine groups is 1. The molecule has 0 bridgehead atoms. The Morgan fingerprint density at radius 2 is 2.10 bits per heavy atom. The van der Waals surface area contributed by atoms with Crippen LogP contribution in [-0.2, 0) is 4.79 Å². The Hall–Kier alpha value is -2.37. The van der Waals surface area contributed by atoms with Gasteiger partial charge in [0.05, 0.1) is 17.1 Å². The van der Waals surface area contributed by atoms with Crippen LogP contribution in [0.4, 0.5) is 5.69 Å². The zero-order valence-corrected chi connectivity index (χ0v) is 12.0. The van der Waals surface area contributed by atoms with Gasteiger partial charge < -0.3 is 16.0 Å². The lowest BCUT2D eigenvalue weighted by Crippen LogP contribution is -2.41. The second kappa shape index (κ2) is 6.88. The molecule has 2 rings (SSSR count). The normalized spacial score (nSPS) is 17.3. The first-order valence-corrected chi connectivity index (χ1v) is 7.14. The quantitative estimate of drug-likeness (QED) is 0.376. The lowest BCUT2D eigenvalue weighted by Gasteiger charge is -2.14. The van der Waals surface area contributed by atoms with Crippen molar-refractivity contribution in [1.82, 2.24) is 10.6 Å². The molecule has 0 unspecified atom stereocenters. The maximum atomic E-state index is 12.1. The maximum Gasteiger partial charge on any atom is 0.254 e. The molecule has 1 atom stereocenters. The number of fused-ring (bicyclic) bond motifs is 1. The van der Waals surface area contributed by atoms with Gasteiger partial charge in [0.15, 0.2) is 0 Å². The summed E-state index contributed by atoms with van der Waals surface area (Å²) in [6, 6.07) is 6.43. The molecule has 1 aliphatic rings. The molecule has 6 heteroatoms. The summed E-state index contributed by atoms with van der Waals surface area (Å²) in [7, 11) is 0. The molecule has 21 heavy (non-hydrogen) atoms. The van der Waals surface area contributed by atoms with E-state index in [1.165, 1.54) is 0 Å². The number of rotatable bonds is 5. The van der Waals surface area contributed by atoms with Crippen LogP contribution in [0.1, 0.15) is 36.5 Å². The molecular weight excluding hydrogens is 268 g/mol. The van der Waals surface area contributed by atoms with Gasteiger partial charge in [-0.2, -0.15) is 0 Å². The molecule has 0 saturated heterocycles. The molecule has 6 nitrogen and oxygen atoms in total. The van der Waals surface area contributed by atoms with Gasteiger partial charge >= 0.3 is 0 Å². The summed E-state index contributed by atoms with van der Waals surface area (Å²) >= 11 is 0. The minimum absolute atomic E-state index is 0.195. The predicted octanol–water partition coefficient (Wildman–Crippen LogP) is 1.49. The van der Waals surface area contributed by atoms with E-state index in [-0.39, 0.29) is 11.8 Å². The fraction of sp³-hybridized carbons (Fsp3) is 0.400. The SMILES string of the molecule is CCC(=N)NCCC[C@@H]1NC(=O)c2ccccc2NC1=O. The van der Waals surface area contributed by atoms with Crippen molar-refractivity contribution >= 4 is 23.3 Å². The summed E-state index contributed by atoms with van der Waals surface area (Å²) in [5, 5.41) is 16.0. The van der Waals surface area contributed by atoms with Gasteiger partial charge in [0.25, 0.3) is 5.91 Å². The average molecular weight is 288 g/mol. The number of hydrogen-bond donors (Lipinski definition) is 4. The molecule has 2 amide bonds. The molecule has 1 aromatic rings. The highest BCUT2D eigenvalue weighted by molar-refractivity contribution is 6.09. The first-order valence-electron chi connectivity index (χ1n) is 7.14. The summed E-state index contributed by atoms with van der Waals surface area (Å²) in [5.41, 5.74) is 1.03. The fourth-order valence-electron chi connectivity index (χ4n) is 2.19. The van der Waals surface area contributed by atoms with Gasteiger partial charge in [0.1, 0.15) is 6.04 Å². The van der Waals surface area contributed by atoms with Gasteiger partial charge in [-0.05, 0) is 25.0 Å². The second-order valence-electron chi connectivity index (χ2n) is 4.96. The largest absolute Gasteiger partial charge is 0.374 e. The van der Waals surface area contributed by atoms with Crippen molar-refractivity contribution in [3.8, 4) is 0 Å². The van der Waals surface area contributed by atoms with Crippen molar-refractivity contribution < 1.29 is 9.59 Å². The molecule has 0 aliphatic carbocycles. The summed E-state index contributed by atoms with van der Waals surface area (Å²) in [4.78, 5) is 24.2. The van der Waals surface area contributed by atoms with Crippen LogP contribution in [0.25, 0.3) is 0 Å². The minimum atomic E-state index is -0.539. The van der Waals surface area contributed by atoms with Crippen LogP contribution in [0.15, 0.2) is 24.3 Å². The fourth-order valence-corrected chi connectivity index (χ4v) is 2.19. The van der Waals surface area contributed by atoms with Crippen LogP contribution >= 0.6 is 0 Å². The Morgan fingerprint density at radius 1 is 1.33 bits per heavy atom.